The molecule has 0 unspecified atom stereocenters. The number of carbonyl (C=O) groups is 2. The predicted octanol–water partition coefficient (Wildman–Crippen LogP) is 5.14. The van der Waals surface area contributed by atoms with Gasteiger partial charge in [0.05, 0.1) is 6.20 Å². The maximum Gasteiger partial charge on any atom is 0.329 e. The van der Waals surface area contributed by atoms with Crippen molar-refractivity contribution in [3.63, 3.8) is 0 Å². The molecule has 2 N–H and O–H groups in total. The number of imidazole rings is 1. The van der Waals surface area contributed by atoms with Crippen molar-refractivity contribution in [3.8, 4) is 17.1 Å². The SMILES string of the molecule is Cn1c(N2CCC(=O)NC2=O)cnc1-c1ccc2c(c1)CN(Cc1ccc(Cc3c(F)cccc3Cl)cc1O)C2. The Kier molecular flexibility index (Phi) is 6.77. The number of phenols is 1. The maximum absolute atomic E-state index is 14.2. The highest BCUT2D eigenvalue weighted by Gasteiger charge is 2.28. The number of nitrogens with one attached hydrogen (secondary N) is 1. The zero-order valence-corrected chi connectivity index (χ0v) is 22.6. The Morgan fingerprint density at radius 3 is 2.67 bits per heavy atom. The second-order valence-corrected chi connectivity index (χ2v) is 10.6. The van der Waals surface area contributed by atoms with E-state index in [-0.39, 0.29) is 23.9 Å². The van der Waals surface area contributed by atoms with Gasteiger partial charge < -0.3 is 9.67 Å². The zero-order valence-electron chi connectivity index (χ0n) is 21.8. The molecule has 204 valence electrons. The summed E-state index contributed by atoms with van der Waals surface area (Å²) in [6.45, 7) is 2.33. The molecule has 0 aliphatic carbocycles. The molecule has 1 fully saturated rings. The molecule has 1 aromatic heterocycles. The second-order valence-electron chi connectivity index (χ2n) is 10.2. The van der Waals surface area contributed by atoms with Crippen molar-refractivity contribution in [1.82, 2.24) is 19.8 Å². The standard InChI is InChI=1S/C30H27ClFN5O3/c1-35-28(37-10-9-27(39)34-30(37)40)14-33-29(35)19-7-8-20-15-36(17-22(20)13-19)16-21-6-5-18(12-26(21)38)11-23-24(31)3-2-4-25(23)32/h2-8,12-14,38H,9-11,15-17H2,1H3,(H,34,39,40). The van der Waals surface area contributed by atoms with E-state index in [0.29, 0.717) is 42.5 Å². The van der Waals surface area contributed by atoms with Crippen LogP contribution in [0.2, 0.25) is 5.02 Å². The first-order valence-electron chi connectivity index (χ1n) is 13.0. The molecule has 2 aliphatic heterocycles. The summed E-state index contributed by atoms with van der Waals surface area (Å²) in [5.74, 6) is 0.886. The number of hydrogen-bond acceptors (Lipinski definition) is 5. The highest BCUT2D eigenvalue weighted by Crippen LogP contribution is 2.32. The topological polar surface area (TPSA) is 90.7 Å². The number of phenolic OH excluding ortho intramolecular Hbond substituents is 1. The quantitative estimate of drug-likeness (QED) is 0.341. The lowest BCUT2D eigenvalue weighted by molar-refractivity contribution is -0.120. The van der Waals surface area contributed by atoms with Crippen molar-refractivity contribution in [2.24, 2.45) is 7.05 Å². The van der Waals surface area contributed by atoms with Crippen LogP contribution in [0.4, 0.5) is 15.0 Å². The number of aromatic hydroxyl groups is 1. The van der Waals surface area contributed by atoms with Crippen LogP contribution in [-0.4, -0.2) is 38.0 Å². The molecule has 10 heteroatoms. The Morgan fingerprint density at radius 2 is 1.90 bits per heavy atom. The molecule has 0 spiro atoms. The summed E-state index contributed by atoms with van der Waals surface area (Å²) in [6.07, 6.45) is 2.20. The van der Waals surface area contributed by atoms with E-state index in [1.807, 2.05) is 29.8 Å². The molecule has 3 aromatic carbocycles. The number of nitrogens with zero attached hydrogens (tertiary/aromatic N) is 4. The molecule has 6 rings (SSSR count). The minimum atomic E-state index is -0.442. The van der Waals surface area contributed by atoms with Gasteiger partial charge in [-0.2, -0.15) is 0 Å². The average Bonchev–Trinajstić information content (AvgIpc) is 3.50. The van der Waals surface area contributed by atoms with E-state index in [9.17, 15) is 19.1 Å². The van der Waals surface area contributed by atoms with Crippen molar-refractivity contribution in [2.45, 2.75) is 32.5 Å². The van der Waals surface area contributed by atoms with Gasteiger partial charge in [-0.05, 0) is 41.0 Å². The monoisotopic (exact) mass is 559 g/mol. The summed E-state index contributed by atoms with van der Waals surface area (Å²) >= 11 is 6.17. The normalized spacial score (nSPS) is 15.4. The van der Waals surface area contributed by atoms with Crippen LogP contribution in [0, 0.1) is 5.82 Å². The molecule has 1 saturated heterocycles. The summed E-state index contributed by atoms with van der Waals surface area (Å²) in [5.41, 5.74) is 5.30. The van der Waals surface area contributed by atoms with Gasteiger partial charge in [-0.15, -0.1) is 0 Å². The zero-order chi connectivity index (χ0) is 28.0. The highest BCUT2D eigenvalue weighted by molar-refractivity contribution is 6.31. The van der Waals surface area contributed by atoms with Crippen LogP contribution in [0.5, 0.6) is 5.75 Å². The van der Waals surface area contributed by atoms with Gasteiger partial charge in [0.1, 0.15) is 23.2 Å². The largest absolute Gasteiger partial charge is 0.508 e. The Labute approximate surface area is 235 Å². The molecule has 40 heavy (non-hydrogen) atoms. The van der Waals surface area contributed by atoms with Crippen LogP contribution in [0.15, 0.2) is 60.8 Å². The molecular formula is C30H27ClFN5O3. The summed E-state index contributed by atoms with van der Waals surface area (Å²) < 4.78 is 16.1. The minimum absolute atomic E-state index is 0.172. The first kappa shape index (κ1) is 26.0. The Bertz CT molecular complexity index is 1630. The molecule has 8 nitrogen and oxygen atoms in total. The van der Waals surface area contributed by atoms with E-state index in [1.54, 1.807) is 24.4 Å². The van der Waals surface area contributed by atoms with Crippen LogP contribution < -0.4 is 10.2 Å². The van der Waals surface area contributed by atoms with Crippen molar-refractivity contribution < 1.29 is 19.1 Å². The number of aromatic nitrogens is 2. The Balaban J connectivity index is 1.15. The fourth-order valence-corrected chi connectivity index (χ4v) is 5.65. The summed E-state index contributed by atoms with van der Waals surface area (Å²) in [6, 6.07) is 15.9. The van der Waals surface area contributed by atoms with Gasteiger partial charge in [0.15, 0.2) is 0 Å². The van der Waals surface area contributed by atoms with E-state index in [1.165, 1.54) is 22.1 Å². The van der Waals surface area contributed by atoms with E-state index in [4.69, 9.17) is 11.6 Å². The fourth-order valence-electron chi connectivity index (χ4n) is 5.42. The predicted molar refractivity (Wildman–Crippen MR) is 149 cm³/mol. The number of carbonyl (C=O) groups excluding carboxylic acids is 2. The second kappa shape index (κ2) is 10.4. The average molecular weight is 560 g/mol. The number of halogens is 2. The molecule has 0 atom stereocenters. The van der Waals surface area contributed by atoms with Crippen LogP contribution in [-0.2, 0) is 37.9 Å². The first-order valence-corrected chi connectivity index (χ1v) is 13.4. The highest BCUT2D eigenvalue weighted by atomic mass is 35.5. The lowest BCUT2D eigenvalue weighted by Gasteiger charge is -2.26. The van der Waals surface area contributed by atoms with Crippen molar-refractivity contribution in [1.29, 1.82) is 0 Å². The van der Waals surface area contributed by atoms with Gasteiger partial charge in [0, 0.05) is 67.8 Å². The molecule has 3 heterocycles. The number of hydrogen-bond donors (Lipinski definition) is 2. The molecule has 0 saturated carbocycles. The molecule has 3 amide bonds. The lowest BCUT2D eigenvalue weighted by atomic mass is 10.0. The van der Waals surface area contributed by atoms with Gasteiger partial charge in [-0.3, -0.25) is 19.9 Å². The molecule has 4 aromatic rings. The van der Waals surface area contributed by atoms with Gasteiger partial charge in [0.25, 0.3) is 0 Å². The number of fused-ring (bicyclic) bond motifs is 1. The number of imide groups is 1. The lowest BCUT2D eigenvalue weighted by Crippen LogP contribution is -2.50. The summed E-state index contributed by atoms with van der Waals surface area (Å²) in [7, 11) is 1.85. The van der Waals surface area contributed by atoms with Crippen molar-refractivity contribution in [3.05, 3.63) is 99.5 Å². The van der Waals surface area contributed by atoms with Gasteiger partial charge in [0.2, 0.25) is 5.91 Å². The first-order chi connectivity index (χ1) is 19.3. The van der Waals surface area contributed by atoms with Crippen LogP contribution in [0.3, 0.4) is 0 Å². The van der Waals surface area contributed by atoms with Gasteiger partial charge in [-0.25, -0.2) is 14.2 Å². The van der Waals surface area contributed by atoms with E-state index in [2.05, 4.69) is 27.3 Å². The van der Waals surface area contributed by atoms with Crippen LogP contribution in [0.25, 0.3) is 11.4 Å². The molecule has 2 aliphatic rings. The van der Waals surface area contributed by atoms with E-state index in [0.717, 1.165) is 29.1 Å². The smallest absolute Gasteiger partial charge is 0.329 e. The number of urea groups is 1. The summed E-state index contributed by atoms with van der Waals surface area (Å²) in [4.78, 5) is 32.2. The van der Waals surface area contributed by atoms with Gasteiger partial charge >= 0.3 is 6.03 Å². The fraction of sp³-hybridized carbons (Fsp3) is 0.233. The Morgan fingerprint density at radius 1 is 1.07 bits per heavy atom. The number of amides is 3. The molecular weight excluding hydrogens is 533 g/mol. The third kappa shape index (κ3) is 4.94. The van der Waals surface area contributed by atoms with E-state index >= 15 is 0 Å². The van der Waals surface area contributed by atoms with E-state index < -0.39 is 6.03 Å². The van der Waals surface area contributed by atoms with Crippen molar-refractivity contribution in [2.75, 3.05) is 11.4 Å². The number of rotatable bonds is 6. The van der Waals surface area contributed by atoms with Crippen LogP contribution in [0.1, 0.15) is 34.2 Å². The molecule has 0 radical (unpaired) electrons. The van der Waals surface area contributed by atoms with Crippen LogP contribution >= 0.6 is 11.6 Å². The maximum atomic E-state index is 14.2. The molecule has 0 bridgehead atoms. The number of benzene rings is 3. The third-order valence-corrected chi connectivity index (χ3v) is 7.89. The van der Waals surface area contributed by atoms with Gasteiger partial charge in [-0.1, -0.05) is 41.9 Å². The third-order valence-electron chi connectivity index (χ3n) is 7.53. The minimum Gasteiger partial charge on any atom is -0.508 e. The Hall–Kier alpha value is -4.21. The van der Waals surface area contributed by atoms with Crippen molar-refractivity contribution >= 4 is 29.4 Å². The summed E-state index contributed by atoms with van der Waals surface area (Å²) in [5, 5.41) is 13.5. The number of anilines is 1.